The zero-order valence-corrected chi connectivity index (χ0v) is 12.1. The minimum absolute atomic E-state index is 0.374. The van der Waals surface area contributed by atoms with E-state index >= 15 is 0 Å². The molecular weight excluding hydrogens is 291 g/mol. The molecule has 2 aromatic rings. The monoisotopic (exact) mass is 304 g/mol. The predicted molar refractivity (Wildman–Crippen MR) is 78.8 cm³/mol. The number of benzene rings is 2. The summed E-state index contributed by atoms with van der Waals surface area (Å²) in [5, 5.41) is 0. The molecule has 2 aromatic carbocycles. The van der Waals surface area contributed by atoms with Crippen molar-refractivity contribution in [3.8, 4) is 0 Å². The van der Waals surface area contributed by atoms with Gasteiger partial charge in [-0.3, -0.25) is 0 Å². The third kappa shape index (κ3) is 2.48. The summed E-state index contributed by atoms with van der Waals surface area (Å²) < 4.78 is 43.3. The number of nitrogens with zero attached hydrogens (tertiary/aromatic N) is 1. The van der Waals surface area contributed by atoms with Crippen molar-refractivity contribution in [1.82, 2.24) is 4.72 Å². The van der Waals surface area contributed by atoms with Crippen molar-refractivity contribution in [3.63, 3.8) is 0 Å². The maximum atomic E-state index is 13.1. The Morgan fingerprint density at radius 3 is 2.29 bits per heavy atom. The van der Waals surface area contributed by atoms with Crippen LogP contribution in [0.25, 0.3) is 0 Å². The lowest BCUT2D eigenvalue weighted by atomic mass is 9.84. The van der Waals surface area contributed by atoms with Gasteiger partial charge in [0.2, 0.25) is 0 Å². The van der Waals surface area contributed by atoms with Crippen LogP contribution in [-0.4, -0.2) is 14.1 Å². The second kappa shape index (κ2) is 4.75. The van der Waals surface area contributed by atoms with Gasteiger partial charge in [-0.2, -0.15) is 17.5 Å². The van der Waals surface area contributed by atoms with Crippen LogP contribution in [0.15, 0.2) is 59.0 Å². The van der Waals surface area contributed by atoms with Gasteiger partial charge in [0.15, 0.2) is 0 Å². The normalized spacial score (nSPS) is 23.8. The Balaban J connectivity index is 2.17. The summed E-state index contributed by atoms with van der Waals surface area (Å²) in [4.78, 5) is 0. The summed E-state index contributed by atoms with van der Waals surface area (Å²) in [5.41, 5.74) is 0.716. The van der Waals surface area contributed by atoms with E-state index in [1.807, 2.05) is 18.2 Å². The van der Waals surface area contributed by atoms with Crippen LogP contribution in [0.5, 0.6) is 0 Å². The standard InChI is InChI=1S/C15H13FN2O2S/c1-15(12-7-9-13(16)10-8-12)14(17-21(19,20)18-15)11-5-3-2-4-6-11/h2-10,18H,1H3/t15-/m0/s1. The highest BCUT2D eigenvalue weighted by atomic mass is 32.2. The summed E-state index contributed by atoms with van der Waals surface area (Å²) in [6.07, 6.45) is 0. The Morgan fingerprint density at radius 2 is 1.67 bits per heavy atom. The van der Waals surface area contributed by atoms with Crippen LogP contribution in [0.4, 0.5) is 4.39 Å². The molecular formula is C15H13FN2O2S. The van der Waals surface area contributed by atoms with Crippen LogP contribution in [0.1, 0.15) is 18.1 Å². The minimum Gasteiger partial charge on any atom is -0.207 e. The highest BCUT2D eigenvalue weighted by molar-refractivity contribution is 7.88. The zero-order chi connectivity index (χ0) is 15.1. The second-order valence-corrected chi connectivity index (χ2v) is 6.35. The predicted octanol–water partition coefficient (Wildman–Crippen LogP) is 2.38. The van der Waals surface area contributed by atoms with Crippen LogP contribution in [-0.2, 0) is 15.7 Å². The molecule has 1 aliphatic rings. The molecule has 4 nitrogen and oxygen atoms in total. The Kier molecular flexibility index (Phi) is 3.15. The zero-order valence-electron chi connectivity index (χ0n) is 11.2. The highest BCUT2D eigenvalue weighted by Crippen LogP contribution is 2.32. The summed E-state index contributed by atoms with van der Waals surface area (Å²) >= 11 is 0. The molecule has 0 radical (unpaired) electrons. The summed E-state index contributed by atoms with van der Waals surface area (Å²) in [7, 11) is -3.77. The molecule has 0 aliphatic carbocycles. The Hall–Kier alpha value is -2.05. The van der Waals surface area contributed by atoms with Gasteiger partial charge in [0.1, 0.15) is 11.4 Å². The smallest absolute Gasteiger partial charge is 0.207 e. The fraction of sp³-hybridized carbons (Fsp3) is 0.133. The molecule has 0 bridgehead atoms. The number of nitrogens with one attached hydrogen (secondary N) is 1. The Morgan fingerprint density at radius 1 is 1.05 bits per heavy atom. The molecule has 0 amide bonds. The van der Waals surface area contributed by atoms with Gasteiger partial charge in [-0.05, 0) is 30.2 Å². The molecule has 0 saturated heterocycles. The minimum atomic E-state index is -3.77. The molecule has 0 aromatic heterocycles. The molecule has 1 aliphatic heterocycles. The third-order valence-electron chi connectivity index (χ3n) is 3.49. The molecule has 1 atom stereocenters. The Bertz CT molecular complexity index is 801. The molecule has 6 heteroatoms. The largest absolute Gasteiger partial charge is 0.321 e. The summed E-state index contributed by atoms with van der Waals surface area (Å²) in [5.74, 6) is -0.374. The molecule has 0 unspecified atom stereocenters. The van der Waals surface area contributed by atoms with E-state index in [4.69, 9.17) is 0 Å². The third-order valence-corrected chi connectivity index (χ3v) is 4.58. The van der Waals surface area contributed by atoms with Crippen LogP contribution >= 0.6 is 0 Å². The number of hydrogen-bond donors (Lipinski definition) is 1. The molecule has 0 fully saturated rings. The van der Waals surface area contributed by atoms with Crippen LogP contribution in [0, 0.1) is 5.82 Å². The number of rotatable bonds is 2. The van der Waals surface area contributed by atoms with Crippen molar-refractivity contribution in [2.75, 3.05) is 0 Å². The van der Waals surface area contributed by atoms with Crippen molar-refractivity contribution >= 4 is 15.9 Å². The van der Waals surface area contributed by atoms with Gasteiger partial charge in [0, 0.05) is 0 Å². The lowest BCUT2D eigenvalue weighted by Gasteiger charge is -2.26. The van der Waals surface area contributed by atoms with Crippen molar-refractivity contribution in [2.24, 2.45) is 4.40 Å². The van der Waals surface area contributed by atoms with Crippen molar-refractivity contribution in [2.45, 2.75) is 12.5 Å². The van der Waals surface area contributed by atoms with E-state index in [0.717, 1.165) is 0 Å². The van der Waals surface area contributed by atoms with Crippen LogP contribution < -0.4 is 4.72 Å². The quantitative estimate of drug-likeness (QED) is 0.926. The molecule has 0 spiro atoms. The van der Waals surface area contributed by atoms with Crippen molar-refractivity contribution in [3.05, 3.63) is 71.5 Å². The van der Waals surface area contributed by atoms with E-state index in [1.54, 1.807) is 31.2 Å². The maximum absolute atomic E-state index is 13.1. The van der Waals surface area contributed by atoms with Crippen molar-refractivity contribution in [1.29, 1.82) is 0 Å². The Labute approximate surface area is 122 Å². The number of hydrogen-bond acceptors (Lipinski definition) is 2. The molecule has 3 rings (SSSR count). The molecule has 21 heavy (non-hydrogen) atoms. The maximum Gasteiger partial charge on any atom is 0.321 e. The average molecular weight is 304 g/mol. The van der Waals surface area contributed by atoms with Gasteiger partial charge in [-0.15, -0.1) is 0 Å². The highest BCUT2D eigenvalue weighted by Gasteiger charge is 2.43. The lowest BCUT2D eigenvalue weighted by molar-refractivity contribution is 0.551. The SMILES string of the molecule is C[C@@]1(c2ccc(F)cc2)NS(=O)(=O)N=C1c1ccccc1. The molecule has 1 heterocycles. The van der Waals surface area contributed by atoms with Crippen LogP contribution in [0.3, 0.4) is 0 Å². The van der Waals surface area contributed by atoms with E-state index in [9.17, 15) is 12.8 Å². The fourth-order valence-electron chi connectivity index (χ4n) is 2.46. The first-order valence-electron chi connectivity index (χ1n) is 6.36. The molecule has 0 saturated carbocycles. The van der Waals surface area contributed by atoms with E-state index < -0.39 is 15.7 Å². The molecule has 108 valence electrons. The topological polar surface area (TPSA) is 58.5 Å². The van der Waals surface area contributed by atoms with E-state index in [0.29, 0.717) is 16.8 Å². The van der Waals surface area contributed by atoms with E-state index in [2.05, 4.69) is 9.12 Å². The van der Waals surface area contributed by atoms with Gasteiger partial charge in [0.05, 0.1) is 5.71 Å². The first-order chi connectivity index (χ1) is 9.91. The molecule has 1 N–H and O–H groups in total. The summed E-state index contributed by atoms with van der Waals surface area (Å²) in [6, 6.07) is 14.8. The van der Waals surface area contributed by atoms with Gasteiger partial charge < -0.3 is 0 Å². The average Bonchev–Trinajstić information content (AvgIpc) is 2.71. The fourth-order valence-corrected chi connectivity index (χ4v) is 3.76. The summed E-state index contributed by atoms with van der Waals surface area (Å²) in [6.45, 7) is 1.72. The van der Waals surface area contributed by atoms with E-state index in [-0.39, 0.29) is 5.82 Å². The van der Waals surface area contributed by atoms with E-state index in [1.165, 1.54) is 12.1 Å². The van der Waals surface area contributed by atoms with Gasteiger partial charge >= 0.3 is 10.2 Å². The lowest BCUT2D eigenvalue weighted by Crippen LogP contribution is -2.43. The number of halogens is 1. The van der Waals surface area contributed by atoms with Gasteiger partial charge in [-0.25, -0.2) is 4.39 Å². The van der Waals surface area contributed by atoms with Gasteiger partial charge in [-0.1, -0.05) is 42.5 Å². The van der Waals surface area contributed by atoms with Crippen molar-refractivity contribution < 1.29 is 12.8 Å². The second-order valence-electron chi connectivity index (χ2n) is 5.01. The van der Waals surface area contributed by atoms with Crippen LogP contribution in [0.2, 0.25) is 0 Å². The first-order valence-corrected chi connectivity index (χ1v) is 7.80. The first kappa shape index (κ1) is 13.9. The van der Waals surface area contributed by atoms with Gasteiger partial charge in [0.25, 0.3) is 0 Å².